The Bertz CT molecular complexity index is 270. The van der Waals surface area contributed by atoms with Crippen molar-refractivity contribution in [3.63, 3.8) is 0 Å². The van der Waals surface area contributed by atoms with E-state index in [-0.39, 0.29) is 6.10 Å². The molecular weight excluding hydrogens is 136 g/mol. The maximum atomic E-state index is 9.70. The minimum absolute atomic E-state index is 0.0474. The maximum Gasteiger partial charge on any atom is 0.0580 e. The van der Waals surface area contributed by atoms with Crippen LogP contribution in [0.3, 0.4) is 0 Å². The van der Waals surface area contributed by atoms with Gasteiger partial charge in [0.25, 0.3) is 0 Å². The van der Waals surface area contributed by atoms with Crippen molar-refractivity contribution in [3.8, 4) is 0 Å². The van der Waals surface area contributed by atoms with Gasteiger partial charge < -0.3 is 5.11 Å². The fraction of sp³-hybridized carbons (Fsp3) is 0.800. The number of hydrogen-bond donors (Lipinski definition) is 1. The van der Waals surface area contributed by atoms with Gasteiger partial charge in [0.15, 0.2) is 0 Å². The zero-order valence-electron chi connectivity index (χ0n) is 6.40. The lowest BCUT2D eigenvalue weighted by Crippen LogP contribution is -2.23. The quantitative estimate of drug-likeness (QED) is 0.512. The second-order valence-electron chi connectivity index (χ2n) is 4.89. The number of aliphatic hydroxyl groups is 1. The first-order chi connectivity index (χ1) is 5.33. The van der Waals surface area contributed by atoms with Crippen molar-refractivity contribution < 1.29 is 5.11 Å². The summed E-state index contributed by atoms with van der Waals surface area (Å²) >= 11 is 0. The third kappa shape index (κ3) is 0.347. The van der Waals surface area contributed by atoms with E-state index in [9.17, 15) is 5.11 Å². The summed E-state index contributed by atoms with van der Waals surface area (Å²) in [4.78, 5) is 0. The SMILES string of the molecule is OC1CC23CC1C1C=CC2C13. The number of hydrogen-bond acceptors (Lipinski definition) is 1. The molecule has 6 atom stereocenters. The number of allylic oxidation sites excluding steroid dienone is 2. The van der Waals surface area contributed by atoms with Crippen molar-refractivity contribution in [3.05, 3.63) is 12.2 Å². The standard InChI is InChI=1S/C10H12O/c11-8-4-10-3-6(8)5-1-2-7(10)9(5)10/h1-2,5-9,11H,3-4H2. The highest BCUT2D eigenvalue weighted by Crippen LogP contribution is 2.82. The molecule has 1 N–H and O–H groups in total. The lowest BCUT2D eigenvalue weighted by molar-refractivity contribution is 0.0922. The maximum absolute atomic E-state index is 9.70. The third-order valence-corrected chi connectivity index (χ3v) is 4.75. The second kappa shape index (κ2) is 1.20. The molecule has 4 aliphatic carbocycles. The van der Waals surface area contributed by atoms with Gasteiger partial charge in [-0.1, -0.05) is 12.2 Å². The fourth-order valence-corrected chi connectivity index (χ4v) is 4.40. The van der Waals surface area contributed by atoms with E-state index in [1.54, 1.807) is 0 Å². The molecule has 0 amide bonds. The van der Waals surface area contributed by atoms with Crippen molar-refractivity contribution in [1.82, 2.24) is 0 Å². The lowest BCUT2D eigenvalue weighted by Gasteiger charge is -2.22. The van der Waals surface area contributed by atoms with Crippen LogP contribution in [-0.2, 0) is 0 Å². The van der Waals surface area contributed by atoms with Gasteiger partial charge in [-0.3, -0.25) is 0 Å². The van der Waals surface area contributed by atoms with Crippen LogP contribution >= 0.6 is 0 Å². The zero-order chi connectivity index (χ0) is 7.22. The zero-order valence-corrected chi connectivity index (χ0v) is 6.40. The largest absolute Gasteiger partial charge is 0.393 e. The molecule has 6 unspecified atom stereocenters. The van der Waals surface area contributed by atoms with Gasteiger partial charge in [0, 0.05) is 0 Å². The van der Waals surface area contributed by atoms with Gasteiger partial charge in [-0.05, 0) is 41.9 Å². The monoisotopic (exact) mass is 148 g/mol. The van der Waals surface area contributed by atoms with Crippen LogP contribution in [0, 0.1) is 29.1 Å². The van der Waals surface area contributed by atoms with E-state index >= 15 is 0 Å². The number of aliphatic hydroxyl groups excluding tert-OH is 1. The van der Waals surface area contributed by atoms with Crippen molar-refractivity contribution >= 4 is 0 Å². The van der Waals surface area contributed by atoms with E-state index in [0.717, 1.165) is 24.2 Å². The molecule has 0 heterocycles. The summed E-state index contributed by atoms with van der Waals surface area (Å²) < 4.78 is 0. The van der Waals surface area contributed by atoms with Gasteiger partial charge in [-0.2, -0.15) is 0 Å². The normalized spacial score (nSPS) is 74.1. The van der Waals surface area contributed by atoms with Crippen molar-refractivity contribution in [2.45, 2.75) is 18.9 Å². The molecule has 0 radical (unpaired) electrons. The Kier molecular flexibility index (Phi) is 0.587. The Balaban J connectivity index is 1.93. The summed E-state index contributed by atoms with van der Waals surface area (Å²) in [5, 5.41) is 9.70. The molecule has 4 aliphatic rings. The predicted octanol–water partition coefficient (Wildman–Crippen LogP) is 1.19. The second-order valence-corrected chi connectivity index (χ2v) is 4.89. The van der Waals surface area contributed by atoms with Crippen LogP contribution in [-0.4, -0.2) is 11.2 Å². The Morgan fingerprint density at radius 3 is 3.00 bits per heavy atom. The van der Waals surface area contributed by atoms with Crippen LogP contribution in [0.4, 0.5) is 0 Å². The molecule has 2 bridgehead atoms. The Morgan fingerprint density at radius 2 is 2.18 bits per heavy atom. The van der Waals surface area contributed by atoms with E-state index in [2.05, 4.69) is 12.2 Å². The predicted molar refractivity (Wildman–Crippen MR) is 40.8 cm³/mol. The third-order valence-electron chi connectivity index (χ3n) is 4.75. The van der Waals surface area contributed by atoms with Crippen LogP contribution in [0.1, 0.15) is 12.8 Å². The first-order valence-electron chi connectivity index (χ1n) is 4.69. The first-order valence-corrected chi connectivity index (χ1v) is 4.69. The lowest BCUT2D eigenvalue weighted by atomic mass is 9.87. The van der Waals surface area contributed by atoms with Gasteiger partial charge in [-0.25, -0.2) is 0 Å². The Morgan fingerprint density at radius 1 is 1.27 bits per heavy atom. The number of fused-ring (bicyclic) bond motifs is 2. The van der Waals surface area contributed by atoms with E-state index in [1.807, 2.05) is 0 Å². The van der Waals surface area contributed by atoms with Gasteiger partial charge >= 0.3 is 0 Å². The summed E-state index contributed by atoms with van der Waals surface area (Å²) in [6.07, 6.45) is 7.29. The average molecular weight is 148 g/mol. The van der Waals surface area contributed by atoms with E-state index in [1.165, 1.54) is 6.42 Å². The van der Waals surface area contributed by atoms with Gasteiger partial charge in [0.05, 0.1) is 6.10 Å². The minimum atomic E-state index is 0.0474. The molecule has 1 heteroatoms. The molecule has 58 valence electrons. The summed E-state index contributed by atoms with van der Waals surface area (Å²) in [7, 11) is 0. The van der Waals surface area contributed by atoms with E-state index in [4.69, 9.17) is 0 Å². The minimum Gasteiger partial charge on any atom is -0.393 e. The average Bonchev–Trinajstić information content (AvgIpc) is 2.30. The summed E-state index contributed by atoms with van der Waals surface area (Å²) in [6, 6.07) is 0. The van der Waals surface area contributed by atoms with Crippen molar-refractivity contribution in [2.75, 3.05) is 0 Å². The van der Waals surface area contributed by atoms with Gasteiger partial charge in [-0.15, -0.1) is 0 Å². The molecule has 0 aromatic carbocycles. The van der Waals surface area contributed by atoms with Gasteiger partial charge in [0.2, 0.25) is 0 Å². The van der Waals surface area contributed by atoms with E-state index < -0.39 is 0 Å². The van der Waals surface area contributed by atoms with E-state index in [0.29, 0.717) is 11.3 Å². The molecule has 0 aromatic heterocycles. The molecule has 0 aromatic rings. The van der Waals surface area contributed by atoms with Crippen LogP contribution < -0.4 is 0 Å². The van der Waals surface area contributed by atoms with Crippen molar-refractivity contribution in [2.24, 2.45) is 29.1 Å². The van der Waals surface area contributed by atoms with Gasteiger partial charge in [0.1, 0.15) is 0 Å². The molecule has 1 nitrogen and oxygen atoms in total. The summed E-state index contributed by atoms with van der Waals surface area (Å²) in [6.45, 7) is 0. The molecule has 0 saturated heterocycles. The molecule has 3 saturated carbocycles. The highest BCUT2D eigenvalue weighted by molar-refractivity contribution is 5.36. The molecule has 4 rings (SSSR count). The molecule has 1 spiro atoms. The topological polar surface area (TPSA) is 20.2 Å². The smallest absolute Gasteiger partial charge is 0.0580 e. The Labute approximate surface area is 66.1 Å². The molecule has 11 heavy (non-hydrogen) atoms. The van der Waals surface area contributed by atoms with Crippen LogP contribution in [0.2, 0.25) is 0 Å². The summed E-state index contributed by atoms with van der Waals surface area (Å²) in [5.41, 5.74) is 0.628. The number of rotatable bonds is 0. The highest BCUT2D eigenvalue weighted by Gasteiger charge is 2.78. The molecule has 3 fully saturated rings. The van der Waals surface area contributed by atoms with Crippen LogP contribution in [0.5, 0.6) is 0 Å². The van der Waals surface area contributed by atoms with Crippen LogP contribution in [0.25, 0.3) is 0 Å². The van der Waals surface area contributed by atoms with Crippen LogP contribution in [0.15, 0.2) is 12.2 Å². The molecule has 0 aliphatic heterocycles. The molecular formula is C10H12O. The highest BCUT2D eigenvalue weighted by atomic mass is 16.3. The fourth-order valence-electron chi connectivity index (χ4n) is 4.40. The summed E-state index contributed by atoms with van der Waals surface area (Å²) in [5.74, 6) is 3.30. The van der Waals surface area contributed by atoms with Crippen molar-refractivity contribution in [1.29, 1.82) is 0 Å². The first kappa shape index (κ1) is 5.36. The Hall–Kier alpha value is -0.300.